The Morgan fingerprint density at radius 1 is 0.763 bits per heavy atom. The maximum Gasteiger partial charge on any atom is 0.355 e. The van der Waals surface area contributed by atoms with Gasteiger partial charge in [-0.15, -0.1) is 0 Å². The van der Waals surface area contributed by atoms with E-state index in [1.54, 1.807) is 20.8 Å². The van der Waals surface area contributed by atoms with Crippen molar-refractivity contribution >= 4 is 50.4 Å². The van der Waals surface area contributed by atoms with Gasteiger partial charge in [0.2, 0.25) is 0 Å². The number of benzene rings is 2. The number of nitrogens with one attached hydrogen (secondary N) is 3. The van der Waals surface area contributed by atoms with E-state index >= 15 is 0 Å². The summed E-state index contributed by atoms with van der Waals surface area (Å²) in [6.45, 7) is 11.2. The topological polar surface area (TPSA) is 117 Å². The fraction of sp³-hybridized carbons (Fsp3) is 0.300. The van der Waals surface area contributed by atoms with Gasteiger partial charge in [0.15, 0.2) is 5.78 Å². The second kappa shape index (κ2) is 9.52. The molecule has 0 bridgehead atoms. The molecule has 196 valence electrons. The number of rotatable bonds is 7. The first-order valence-corrected chi connectivity index (χ1v) is 12.8. The van der Waals surface area contributed by atoms with Crippen LogP contribution in [0, 0.1) is 20.8 Å². The quantitative estimate of drug-likeness (QED) is 0.177. The monoisotopic (exact) mass is 513 g/mol. The Balaban J connectivity index is 1.85. The Morgan fingerprint density at radius 2 is 1.39 bits per heavy atom. The number of Topliss-reactive ketones (excluding diaryl/α,β-unsaturated/α-hetero) is 1. The molecule has 0 unspecified atom stereocenters. The predicted molar refractivity (Wildman–Crippen MR) is 147 cm³/mol. The molecular formula is C30H31N3O5. The van der Waals surface area contributed by atoms with Crippen LogP contribution in [0.25, 0.3) is 32.7 Å². The number of carbonyl (C=O) groups excluding carboxylic acids is 3. The molecule has 0 radical (unpaired) electrons. The van der Waals surface area contributed by atoms with Crippen molar-refractivity contribution in [3.8, 4) is 0 Å². The van der Waals surface area contributed by atoms with Gasteiger partial charge < -0.3 is 24.4 Å². The Labute approximate surface area is 219 Å². The second-order valence-electron chi connectivity index (χ2n) is 9.55. The normalized spacial score (nSPS) is 11.5. The molecular weight excluding hydrogens is 482 g/mol. The molecule has 8 heteroatoms. The molecule has 0 aliphatic carbocycles. The summed E-state index contributed by atoms with van der Waals surface area (Å²) < 4.78 is 10.6. The van der Waals surface area contributed by atoms with E-state index in [1.165, 1.54) is 6.92 Å². The predicted octanol–water partition coefficient (Wildman–Crippen LogP) is 6.20. The lowest BCUT2D eigenvalue weighted by atomic mass is 9.93. The van der Waals surface area contributed by atoms with Gasteiger partial charge >= 0.3 is 11.9 Å². The number of para-hydroxylation sites is 1. The molecule has 8 nitrogen and oxygen atoms in total. The molecule has 3 aromatic heterocycles. The first-order chi connectivity index (χ1) is 18.2. The third kappa shape index (κ3) is 3.79. The highest BCUT2D eigenvalue weighted by Crippen LogP contribution is 2.40. The van der Waals surface area contributed by atoms with Gasteiger partial charge in [0, 0.05) is 39.4 Å². The van der Waals surface area contributed by atoms with Crippen LogP contribution in [0.1, 0.15) is 80.1 Å². The summed E-state index contributed by atoms with van der Waals surface area (Å²) in [6.07, 6.45) is 0.326. The lowest BCUT2D eigenvalue weighted by molar-refractivity contribution is 0.0510. The largest absolute Gasteiger partial charge is 0.461 e. The highest BCUT2D eigenvalue weighted by atomic mass is 16.5. The molecule has 0 atom stereocenters. The zero-order valence-corrected chi connectivity index (χ0v) is 22.5. The van der Waals surface area contributed by atoms with E-state index < -0.39 is 11.9 Å². The lowest BCUT2D eigenvalue weighted by Gasteiger charge is -2.11. The van der Waals surface area contributed by atoms with Crippen molar-refractivity contribution < 1.29 is 23.9 Å². The molecule has 0 aliphatic heterocycles. The number of fused-ring (bicyclic) bond motifs is 4. The highest BCUT2D eigenvalue weighted by molar-refractivity contribution is 6.17. The molecule has 2 aromatic carbocycles. The standard InChI is InChI=1S/C30H31N3O5/c1-7-37-29(35)26-16(5)23(17(6)34)21(32-26)13-19-24-18-11-9-10-12-20(18)31-25(24)14(3)22-15(4)27(33-28(19)22)30(36)38-8-2/h9-12,31-33H,7-8,13H2,1-6H3. The summed E-state index contributed by atoms with van der Waals surface area (Å²) in [7, 11) is 0. The summed E-state index contributed by atoms with van der Waals surface area (Å²) >= 11 is 0. The molecule has 38 heavy (non-hydrogen) atoms. The summed E-state index contributed by atoms with van der Waals surface area (Å²) in [5.41, 5.74) is 7.85. The third-order valence-corrected chi connectivity index (χ3v) is 7.30. The Morgan fingerprint density at radius 3 is 2.03 bits per heavy atom. The Bertz CT molecular complexity index is 1770. The van der Waals surface area contributed by atoms with Crippen LogP contribution in [0.2, 0.25) is 0 Å². The van der Waals surface area contributed by atoms with Gasteiger partial charge in [0.1, 0.15) is 11.4 Å². The minimum atomic E-state index is -0.495. The zero-order chi connectivity index (χ0) is 27.3. The van der Waals surface area contributed by atoms with Crippen LogP contribution in [0.3, 0.4) is 0 Å². The van der Waals surface area contributed by atoms with Crippen LogP contribution < -0.4 is 0 Å². The maximum absolute atomic E-state index is 12.8. The summed E-state index contributed by atoms with van der Waals surface area (Å²) in [4.78, 5) is 48.4. The average molecular weight is 514 g/mol. The van der Waals surface area contributed by atoms with Crippen molar-refractivity contribution in [2.45, 2.75) is 48.0 Å². The minimum absolute atomic E-state index is 0.141. The first kappa shape index (κ1) is 25.3. The van der Waals surface area contributed by atoms with Crippen molar-refractivity contribution in [3.05, 3.63) is 69.2 Å². The zero-order valence-electron chi connectivity index (χ0n) is 22.5. The SMILES string of the molecule is CCOC(=O)c1[nH]c(Cc2c3[nH]c(C(=O)OCC)c(C)c3c(C)c3[nH]c4ccccc4c23)c(C(C)=O)c1C. The van der Waals surface area contributed by atoms with E-state index in [0.29, 0.717) is 28.9 Å². The number of aromatic amines is 3. The van der Waals surface area contributed by atoms with Gasteiger partial charge in [-0.25, -0.2) is 9.59 Å². The third-order valence-electron chi connectivity index (χ3n) is 7.30. The number of ether oxygens (including phenoxy) is 2. The summed E-state index contributed by atoms with van der Waals surface area (Å²) in [6, 6.07) is 8.06. The van der Waals surface area contributed by atoms with E-state index in [0.717, 1.165) is 49.4 Å². The molecule has 0 fully saturated rings. The number of carbonyl (C=O) groups is 3. The number of hydrogen-bond acceptors (Lipinski definition) is 5. The number of H-pyrrole nitrogens is 3. The van der Waals surface area contributed by atoms with Gasteiger partial charge in [-0.3, -0.25) is 4.79 Å². The van der Waals surface area contributed by atoms with Gasteiger partial charge in [0.05, 0.1) is 24.2 Å². The minimum Gasteiger partial charge on any atom is -0.461 e. The summed E-state index contributed by atoms with van der Waals surface area (Å²) in [5.74, 6) is -1.05. The number of aromatic nitrogens is 3. The van der Waals surface area contributed by atoms with Crippen LogP contribution in [0.15, 0.2) is 24.3 Å². The van der Waals surface area contributed by atoms with Crippen LogP contribution in [0.4, 0.5) is 0 Å². The number of aryl methyl sites for hydroxylation is 2. The second-order valence-corrected chi connectivity index (χ2v) is 9.55. The van der Waals surface area contributed by atoms with Crippen molar-refractivity contribution in [1.29, 1.82) is 0 Å². The summed E-state index contributed by atoms with van der Waals surface area (Å²) in [5, 5.41) is 2.97. The fourth-order valence-electron chi connectivity index (χ4n) is 5.71. The molecule has 3 N–H and O–H groups in total. The smallest absolute Gasteiger partial charge is 0.355 e. The lowest BCUT2D eigenvalue weighted by Crippen LogP contribution is -2.07. The van der Waals surface area contributed by atoms with E-state index in [4.69, 9.17) is 9.47 Å². The van der Waals surface area contributed by atoms with Crippen LogP contribution in [0.5, 0.6) is 0 Å². The Kier molecular flexibility index (Phi) is 6.34. The van der Waals surface area contributed by atoms with Gasteiger partial charge in [0.25, 0.3) is 0 Å². The molecule has 0 aliphatic rings. The van der Waals surface area contributed by atoms with E-state index in [2.05, 4.69) is 21.0 Å². The van der Waals surface area contributed by atoms with Crippen molar-refractivity contribution in [3.63, 3.8) is 0 Å². The number of hydrogen-bond donors (Lipinski definition) is 3. The van der Waals surface area contributed by atoms with Crippen LogP contribution in [-0.2, 0) is 15.9 Å². The Hall–Kier alpha value is -4.33. The van der Waals surface area contributed by atoms with E-state index in [9.17, 15) is 14.4 Å². The van der Waals surface area contributed by atoms with Crippen molar-refractivity contribution in [1.82, 2.24) is 15.0 Å². The fourth-order valence-corrected chi connectivity index (χ4v) is 5.71. The van der Waals surface area contributed by atoms with Crippen molar-refractivity contribution in [2.75, 3.05) is 13.2 Å². The maximum atomic E-state index is 12.8. The molecule has 0 saturated carbocycles. The van der Waals surface area contributed by atoms with Crippen LogP contribution >= 0.6 is 0 Å². The van der Waals surface area contributed by atoms with Gasteiger partial charge in [-0.2, -0.15) is 0 Å². The molecule has 0 amide bonds. The first-order valence-electron chi connectivity index (χ1n) is 12.8. The molecule has 5 aromatic rings. The van der Waals surface area contributed by atoms with E-state index in [-0.39, 0.29) is 24.7 Å². The van der Waals surface area contributed by atoms with Gasteiger partial charge in [-0.05, 0) is 69.9 Å². The van der Waals surface area contributed by atoms with Crippen molar-refractivity contribution in [2.24, 2.45) is 0 Å². The molecule has 3 heterocycles. The van der Waals surface area contributed by atoms with Gasteiger partial charge in [-0.1, -0.05) is 18.2 Å². The molecule has 0 saturated heterocycles. The molecule has 5 rings (SSSR count). The highest BCUT2D eigenvalue weighted by Gasteiger charge is 2.27. The van der Waals surface area contributed by atoms with Crippen LogP contribution in [-0.4, -0.2) is 45.9 Å². The molecule has 0 spiro atoms. The number of esters is 2. The van der Waals surface area contributed by atoms with E-state index in [1.807, 2.05) is 32.0 Å². The number of ketones is 1. The average Bonchev–Trinajstić information content (AvgIpc) is 3.53.